The fourth-order valence-electron chi connectivity index (χ4n) is 2.12. The summed E-state index contributed by atoms with van der Waals surface area (Å²) in [5.74, 6) is 0.0388. The maximum Gasteiger partial charge on any atom is 0.122 e. The molecule has 0 aromatic heterocycles. The molecule has 0 bridgehead atoms. The zero-order valence-electron chi connectivity index (χ0n) is 10.4. The van der Waals surface area contributed by atoms with Gasteiger partial charge in [-0.05, 0) is 24.6 Å². The number of benzene rings is 1. The molecule has 1 aromatic carbocycles. The lowest BCUT2D eigenvalue weighted by Crippen LogP contribution is -2.42. The molecule has 1 heterocycles. The summed E-state index contributed by atoms with van der Waals surface area (Å²) in [6.07, 6.45) is 1.27. The largest absolute Gasteiger partial charge is 0.384 e. The Kier molecular flexibility index (Phi) is 4.09. The molecule has 1 aromatic rings. The molecule has 3 N–H and O–H groups in total. The number of rotatable bonds is 3. The van der Waals surface area contributed by atoms with E-state index in [-0.39, 0.29) is 11.9 Å². The number of nitrogens with two attached hydrogens (primary N) is 1. The normalized spacial score (nSPS) is 19.9. The molecule has 0 spiro atoms. The van der Waals surface area contributed by atoms with Gasteiger partial charge in [0.2, 0.25) is 0 Å². The average Bonchev–Trinajstić information content (AvgIpc) is 2.38. The van der Waals surface area contributed by atoms with Crippen LogP contribution in [-0.2, 0) is 4.74 Å². The lowest BCUT2D eigenvalue weighted by Gasteiger charge is -2.34. The number of halogens is 1. The highest BCUT2D eigenvalue weighted by molar-refractivity contribution is 6.33. The molecule has 0 saturated carbocycles. The molecule has 5 heteroatoms. The Labute approximate surface area is 112 Å². The van der Waals surface area contributed by atoms with Crippen LogP contribution in [0, 0.1) is 5.41 Å². The van der Waals surface area contributed by atoms with Gasteiger partial charge in [0.25, 0.3) is 0 Å². The number of ether oxygens (including phenoxy) is 1. The second-order valence-corrected chi connectivity index (χ2v) is 4.83. The zero-order valence-corrected chi connectivity index (χ0v) is 11.2. The van der Waals surface area contributed by atoms with Gasteiger partial charge in [0.1, 0.15) is 5.84 Å². The number of nitrogens with zero attached hydrogens (tertiary/aromatic N) is 1. The van der Waals surface area contributed by atoms with Crippen LogP contribution in [0.3, 0.4) is 0 Å². The van der Waals surface area contributed by atoms with Crippen molar-refractivity contribution in [2.75, 3.05) is 24.6 Å². The lowest BCUT2D eigenvalue weighted by molar-refractivity contribution is 0.0384. The van der Waals surface area contributed by atoms with Crippen molar-refractivity contribution >= 4 is 23.1 Å². The monoisotopic (exact) mass is 267 g/mol. The van der Waals surface area contributed by atoms with E-state index in [1.807, 2.05) is 12.1 Å². The number of nitrogens with one attached hydrogen (secondary N) is 1. The minimum Gasteiger partial charge on any atom is -0.384 e. The Hall–Kier alpha value is -1.26. The number of hydrogen-bond donors (Lipinski definition) is 2. The van der Waals surface area contributed by atoms with Gasteiger partial charge in [0, 0.05) is 18.7 Å². The van der Waals surface area contributed by atoms with Crippen molar-refractivity contribution < 1.29 is 4.74 Å². The van der Waals surface area contributed by atoms with E-state index in [1.165, 1.54) is 0 Å². The topological polar surface area (TPSA) is 62.3 Å². The van der Waals surface area contributed by atoms with Crippen LogP contribution in [0.5, 0.6) is 0 Å². The van der Waals surface area contributed by atoms with Gasteiger partial charge in [0.15, 0.2) is 0 Å². The molecule has 0 radical (unpaired) electrons. The predicted molar refractivity (Wildman–Crippen MR) is 74.7 cm³/mol. The average molecular weight is 268 g/mol. The maximum absolute atomic E-state index is 7.39. The van der Waals surface area contributed by atoms with E-state index in [4.69, 9.17) is 27.5 Å². The molecule has 4 nitrogen and oxygen atoms in total. The van der Waals surface area contributed by atoms with E-state index in [9.17, 15) is 0 Å². The molecular weight excluding hydrogens is 250 g/mol. The van der Waals surface area contributed by atoms with Crippen molar-refractivity contribution in [3.8, 4) is 0 Å². The minimum absolute atomic E-state index is 0.0388. The van der Waals surface area contributed by atoms with Crippen LogP contribution >= 0.6 is 11.6 Å². The van der Waals surface area contributed by atoms with Gasteiger partial charge >= 0.3 is 0 Å². The van der Waals surface area contributed by atoms with E-state index in [0.717, 1.165) is 31.8 Å². The van der Waals surface area contributed by atoms with Crippen LogP contribution in [0.2, 0.25) is 5.02 Å². The molecular formula is C13H18ClN3O. The number of morpholine rings is 1. The Morgan fingerprint density at radius 3 is 3.00 bits per heavy atom. The van der Waals surface area contributed by atoms with Crippen molar-refractivity contribution in [2.45, 2.75) is 19.4 Å². The Morgan fingerprint density at radius 1 is 1.61 bits per heavy atom. The highest BCUT2D eigenvalue weighted by Crippen LogP contribution is 2.28. The van der Waals surface area contributed by atoms with E-state index in [2.05, 4.69) is 11.8 Å². The number of amidine groups is 1. The van der Waals surface area contributed by atoms with Crippen molar-refractivity contribution in [3.05, 3.63) is 28.8 Å². The summed E-state index contributed by atoms with van der Waals surface area (Å²) in [5.41, 5.74) is 7.09. The van der Waals surface area contributed by atoms with E-state index in [1.54, 1.807) is 6.07 Å². The quantitative estimate of drug-likeness (QED) is 0.652. The van der Waals surface area contributed by atoms with Crippen LogP contribution in [-0.4, -0.2) is 31.6 Å². The first-order valence-electron chi connectivity index (χ1n) is 6.12. The summed E-state index contributed by atoms with van der Waals surface area (Å²) in [7, 11) is 0. The van der Waals surface area contributed by atoms with Crippen LogP contribution in [0.25, 0.3) is 0 Å². The first kappa shape index (κ1) is 13.2. The summed E-state index contributed by atoms with van der Waals surface area (Å²) in [6, 6.07) is 5.51. The fourth-order valence-corrected chi connectivity index (χ4v) is 2.42. The van der Waals surface area contributed by atoms with E-state index >= 15 is 0 Å². The Morgan fingerprint density at radius 2 is 2.39 bits per heavy atom. The van der Waals surface area contributed by atoms with E-state index < -0.39 is 0 Å². The molecule has 1 atom stereocenters. The lowest BCUT2D eigenvalue weighted by atomic mass is 10.1. The third-order valence-electron chi connectivity index (χ3n) is 3.19. The minimum atomic E-state index is 0.0388. The number of anilines is 1. The summed E-state index contributed by atoms with van der Waals surface area (Å²) in [4.78, 5) is 2.23. The van der Waals surface area contributed by atoms with E-state index in [0.29, 0.717) is 10.6 Å². The Balaban J connectivity index is 2.20. The van der Waals surface area contributed by atoms with Gasteiger partial charge in [-0.2, -0.15) is 0 Å². The fraction of sp³-hybridized carbons (Fsp3) is 0.462. The molecule has 1 fully saturated rings. The first-order chi connectivity index (χ1) is 8.61. The summed E-state index contributed by atoms with van der Waals surface area (Å²) >= 11 is 6.26. The predicted octanol–water partition coefficient (Wildman–Crippen LogP) is 2.24. The van der Waals surface area contributed by atoms with Gasteiger partial charge < -0.3 is 15.4 Å². The molecule has 0 aliphatic carbocycles. The summed E-state index contributed by atoms with van der Waals surface area (Å²) < 4.78 is 5.64. The summed E-state index contributed by atoms with van der Waals surface area (Å²) in [6.45, 7) is 4.54. The van der Waals surface area contributed by atoms with Gasteiger partial charge in [-0.1, -0.05) is 18.5 Å². The molecule has 98 valence electrons. The van der Waals surface area contributed by atoms with Crippen molar-refractivity contribution in [3.63, 3.8) is 0 Å². The molecule has 18 heavy (non-hydrogen) atoms. The van der Waals surface area contributed by atoms with Gasteiger partial charge in [-0.15, -0.1) is 0 Å². The van der Waals surface area contributed by atoms with Gasteiger partial charge in [-0.25, -0.2) is 0 Å². The maximum atomic E-state index is 7.39. The second kappa shape index (κ2) is 5.59. The van der Waals surface area contributed by atoms with Crippen LogP contribution in [0.4, 0.5) is 5.69 Å². The third kappa shape index (κ3) is 2.76. The van der Waals surface area contributed by atoms with Crippen molar-refractivity contribution in [2.24, 2.45) is 5.73 Å². The molecule has 2 rings (SSSR count). The highest BCUT2D eigenvalue weighted by Gasteiger charge is 2.20. The number of nitrogen functional groups attached to an aromatic ring is 1. The number of hydrogen-bond acceptors (Lipinski definition) is 3. The standard InChI is InChI=1S/C13H18ClN3O/c1-2-10-8-17(5-6-18-10)12-4-3-9(13(15)16)7-11(12)14/h3-4,7,10H,2,5-6,8H2,1H3,(H3,15,16). The van der Waals surface area contributed by atoms with Crippen molar-refractivity contribution in [1.29, 1.82) is 5.41 Å². The zero-order chi connectivity index (χ0) is 13.1. The molecule has 1 aliphatic heterocycles. The SMILES string of the molecule is CCC1CN(c2ccc(C(=N)N)cc2Cl)CCO1. The molecule has 1 aliphatic rings. The Bertz CT molecular complexity index is 450. The van der Waals surface area contributed by atoms with Gasteiger partial charge in [-0.3, -0.25) is 5.41 Å². The van der Waals surface area contributed by atoms with Gasteiger partial charge in [0.05, 0.1) is 23.4 Å². The summed E-state index contributed by atoms with van der Waals surface area (Å²) in [5, 5.41) is 8.03. The van der Waals surface area contributed by atoms with Crippen LogP contribution in [0.15, 0.2) is 18.2 Å². The highest BCUT2D eigenvalue weighted by atomic mass is 35.5. The van der Waals surface area contributed by atoms with Crippen LogP contribution < -0.4 is 10.6 Å². The van der Waals surface area contributed by atoms with Crippen LogP contribution in [0.1, 0.15) is 18.9 Å². The van der Waals surface area contributed by atoms with Crippen molar-refractivity contribution in [1.82, 2.24) is 0 Å². The molecule has 0 amide bonds. The molecule has 1 saturated heterocycles. The molecule has 1 unspecified atom stereocenters. The third-order valence-corrected chi connectivity index (χ3v) is 3.50. The second-order valence-electron chi connectivity index (χ2n) is 4.43. The first-order valence-corrected chi connectivity index (χ1v) is 6.50. The smallest absolute Gasteiger partial charge is 0.122 e.